The number of aryl methyl sites for hydroxylation is 1. The Hall–Kier alpha value is -4.91. The first-order valence-corrected chi connectivity index (χ1v) is 14.0. The lowest BCUT2D eigenvalue weighted by Gasteiger charge is -2.36. The standard InChI is InChI=1S/C28H29ClN10O5/c1-38-14-21(29)25(37-38)24-17(10-30)11-32-26(36-24)35-19-3-5-20(6-4-19)39(28(42)44-15-23(40)41)22-9-16(7-8-31-22)18-12-33-27(43-2)34-13-18/h7-9,11-14,19-20,23,40-41H,3-6,15H2,1-2H3,(H,32,35,36). The average Bonchev–Trinajstić information content (AvgIpc) is 3.38. The molecule has 0 saturated heterocycles. The van der Waals surface area contributed by atoms with Crippen LogP contribution in [0.3, 0.4) is 0 Å². The molecule has 0 aliphatic heterocycles. The first kappa shape index (κ1) is 30.5. The third kappa shape index (κ3) is 7.00. The summed E-state index contributed by atoms with van der Waals surface area (Å²) in [5.74, 6) is 0.660. The van der Waals surface area contributed by atoms with Gasteiger partial charge in [-0.2, -0.15) is 10.4 Å². The van der Waals surface area contributed by atoms with Crippen molar-refractivity contribution < 1.29 is 24.5 Å². The van der Waals surface area contributed by atoms with Crippen LogP contribution in [0.15, 0.2) is 43.1 Å². The summed E-state index contributed by atoms with van der Waals surface area (Å²) in [6.45, 7) is -0.586. The van der Waals surface area contributed by atoms with Gasteiger partial charge in [0.2, 0.25) is 5.95 Å². The van der Waals surface area contributed by atoms with E-state index < -0.39 is 19.0 Å². The van der Waals surface area contributed by atoms with Crippen LogP contribution >= 0.6 is 11.6 Å². The van der Waals surface area contributed by atoms with E-state index >= 15 is 0 Å². The number of carbonyl (C=O) groups excluding carboxylic acids is 1. The number of hydrogen-bond donors (Lipinski definition) is 3. The highest BCUT2D eigenvalue weighted by Crippen LogP contribution is 2.32. The first-order valence-electron chi connectivity index (χ1n) is 13.6. The lowest BCUT2D eigenvalue weighted by molar-refractivity contribution is -0.0770. The Morgan fingerprint density at radius 3 is 2.55 bits per heavy atom. The van der Waals surface area contributed by atoms with Gasteiger partial charge in [-0.05, 0) is 43.4 Å². The predicted octanol–water partition coefficient (Wildman–Crippen LogP) is 2.94. The minimum absolute atomic E-state index is 0.0286. The highest BCUT2D eigenvalue weighted by molar-refractivity contribution is 6.33. The Kier molecular flexibility index (Phi) is 9.44. The van der Waals surface area contributed by atoms with Crippen LogP contribution in [0.1, 0.15) is 31.2 Å². The maximum Gasteiger partial charge on any atom is 0.415 e. The smallest absolute Gasteiger partial charge is 0.415 e. The van der Waals surface area contributed by atoms with Gasteiger partial charge in [-0.15, -0.1) is 0 Å². The molecule has 0 atom stereocenters. The summed E-state index contributed by atoms with van der Waals surface area (Å²) >= 11 is 6.31. The summed E-state index contributed by atoms with van der Waals surface area (Å²) in [4.78, 5) is 36.2. The van der Waals surface area contributed by atoms with Gasteiger partial charge in [-0.3, -0.25) is 9.58 Å². The number of nitrogens with zero attached hydrogens (tertiary/aromatic N) is 9. The number of carbonyl (C=O) groups is 1. The maximum atomic E-state index is 13.2. The lowest BCUT2D eigenvalue weighted by atomic mass is 9.90. The van der Waals surface area contributed by atoms with Gasteiger partial charge in [0.1, 0.15) is 29.9 Å². The second-order valence-corrected chi connectivity index (χ2v) is 10.4. The van der Waals surface area contributed by atoms with E-state index in [1.54, 1.807) is 48.6 Å². The van der Waals surface area contributed by atoms with E-state index in [9.17, 15) is 20.3 Å². The van der Waals surface area contributed by atoms with Gasteiger partial charge >= 0.3 is 12.1 Å². The van der Waals surface area contributed by atoms with E-state index in [0.717, 1.165) is 5.56 Å². The molecule has 1 saturated carbocycles. The Bertz CT molecular complexity index is 1650. The summed E-state index contributed by atoms with van der Waals surface area (Å²) in [6, 6.07) is 5.47. The molecule has 16 heteroatoms. The third-order valence-electron chi connectivity index (χ3n) is 7.00. The zero-order valence-electron chi connectivity index (χ0n) is 23.8. The number of halogens is 1. The molecule has 1 aliphatic rings. The summed E-state index contributed by atoms with van der Waals surface area (Å²) < 4.78 is 11.8. The molecule has 0 spiro atoms. The van der Waals surface area contributed by atoms with E-state index in [0.29, 0.717) is 59.4 Å². The molecule has 1 amide bonds. The Morgan fingerprint density at radius 1 is 1.16 bits per heavy atom. The average molecular weight is 621 g/mol. The SMILES string of the molecule is COc1ncc(-c2ccnc(N(C(=O)OCC(O)O)C3CCC(Nc4ncc(C#N)c(-c5nn(C)cc5Cl)n4)CC3)c2)cn1. The molecular formula is C28H29ClN10O5. The topological polar surface area (TPSA) is 197 Å². The third-order valence-corrected chi connectivity index (χ3v) is 7.28. The van der Waals surface area contributed by atoms with E-state index in [1.165, 1.54) is 18.2 Å². The molecule has 0 aromatic carbocycles. The first-order chi connectivity index (χ1) is 21.2. The molecule has 4 aromatic rings. The highest BCUT2D eigenvalue weighted by atomic mass is 35.5. The number of aliphatic hydroxyl groups is 2. The van der Waals surface area contributed by atoms with Gasteiger partial charge in [0.25, 0.3) is 0 Å². The molecule has 15 nitrogen and oxygen atoms in total. The summed E-state index contributed by atoms with van der Waals surface area (Å²) in [7, 11) is 3.20. The molecule has 5 rings (SSSR count). The molecule has 4 aromatic heterocycles. The molecule has 0 unspecified atom stereocenters. The van der Waals surface area contributed by atoms with Gasteiger partial charge in [0, 0.05) is 49.5 Å². The molecule has 1 aliphatic carbocycles. The zero-order valence-corrected chi connectivity index (χ0v) is 24.6. The fourth-order valence-corrected chi connectivity index (χ4v) is 5.21. The highest BCUT2D eigenvalue weighted by Gasteiger charge is 2.33. The molecule has 3 N–H and O–H groups in total. The van der Waals surface area contributed by atoms with Crippen molar-refractivity contribution in [1.82, 2.24) is 34.7 Å². The minimum atomic E-state index is -1.81. The van der Waals surface area contributed by atoms with Crippen LogP contribution in [0, 0.1) is 11.3 Å². The van der Waals surface area contributed by atoms with Crippen LogP contribution in [-0.2, 0) is 11.8 Å². The number of pyridine rings is 1. The fourth-order valence-electron chi connectivity index (χ4n) is 4.94. The number of ether oxygens (including phenoxy) is 2. The van der Waals surface area contributed by atoms with E-state index in [1.807, 2.05) is 0 Å². The van der Waals surface area contributed by atoms with Gasteiger partial charge in [0.15, 0.2) is 6.29 Å². The Morgan fingerprint density at radius 2 is 1.91 bits per heavy atom. The van der Waals surface area contributed by atoms with Crippen molar-refractivity contribution in [2.24, 2.45) is 7.05 Å². The zero-order chi connectivity index (χ0) is 31.2. The number of methoxy groups -OCH3 is 1. The van der Waals surface area contributed by atoms with Crippen molar-refractivity contribution in [2.75, 3.05) is 23.9 Å². The van der Waals surface area contributed by atoms with E-state index in [-0.39, 0.29) is 23.7 Å². The van der Waals surface area contributed by atoms with Gasteiger partial charge in [-0.25, -0.2) is 29.7 Å². The molecule has 228 valence electrons. The lowest BCUT2D eigenvalue weighted by Crippen LogP contribution is -2.45. The summed E-state index contributed by atoms with van der Waals surface area (Å²) in [6.07, 6.45) is 7.70. The number of anilines is 2. The molecule has 0 bridgehead atoms. The number of amides is 1. The summed E-state index contributed by atoms with van der Waals surface area (Å²) in [5, 5.41) is 36.2. The van der Waals surface area contributed by atoms with Crippen molar-refractivity contribution in [2.45, 2.75) is 44.1 Å². The second-order valence-electron chi connectivity index (χ2n) is 10.0. The van der Waals surface area contributed by atoms with Crippen LogP contribution in [0.4, 0.5) is 16.6 Å². The van der Waals surface area contributed by atoms with Crippen LogP contribution in [-0.4, -0.2) is 83.1 Å². The monoisotopic (exact) mass is 620 g/mol. The van der Waals surface area contributed by atoms with Gasteiger partial charge < -0.3 is 25.0 Å². The predicted molar refractivity (Wildman–Crippen MR) is 157 cm³/mol. The fraction of sp³-hybridized carbons (Fsp3) is 0.357. The number of hydrogen-bond acceptors (Lipinski definition) is 13. The number of aromatic nitrogens is 7. The second kappa shape index (κ2) is 13.6. The normalized spacial score (nSPS) is 16.3. The van der Waals surface area contributed by atoms with Crippen LogP contribution in [0.5, 0.6) is 6.01 Å². The van der Waals surface area contributed by atoms with Crippen molar-refractivity contribution in [1.29, 1.82) is 5.26 Å². The van der Waals surface area contributed by atoms with Crippen molar-refractivity contribution in [3.05, 3.63) is 53.7 Å². The van der Waals surface area contributed by atoms with Gasteiger partial charge in [0.05, 0.1) is 23.9 Å². The largest absolute Gasteiger partial charge is 0.467 e. The number of rotatable bonds is 9. The molecule has 44 heavy (non-hydrogen) atoms. The minimum Gasteiger partial charge on any atom is -0.467 e. The van der Waals surface area contributed by atoms with Crippen LogP contribution < -0.4 is 15.0 Å². The van der Waals surface area contributed by atoms with E-state index in [2.05, 4.69) is 41.4 Å². The van der Waals surface area contributed by atoms with Crippen molar-refractivity contribution in [3.63, 3.8) is 0 Å². The van der Waals surface area contributed by atoms with E-state index in [4.69, 9.17) is 21.1 Å². The molecule has 0 radical (unpaired) electrons. The molecular weight excluding hydrogens is 592 g/mol. The maximum absolute atomic E-state index is 13.2. The van der Waals surface area contributed by atoms with Crippen LogP contribution in [0.25, 0.3) is 22.5 Å². The van der Waals surface area contributed by atoms with Gasteiger partial charge in [-0.1, -0.05) is 11.6 Å². The quantitative estimate of drug-likeness (QED) is 0.231. The van der Waals surface area contributed by atoms with Crippen molar-refractivity contribution in [3.8, 4) is 34.6 Å². The van der Waals surface area contributed by atoms with Crippen molar-refractivity contribution >= 4 is 29.5 Å². The molecule has 4 heterocycles. The number of nitriles is 1. The Balaban J connectivity index is 1.33. The van der Waals surface area contributed by atoms with Crippen LogP contribution in [0.2, 0.25) is 5.02 Å². The number of nitrogens with one attached hydrogen (secondary N) is 1. The summed E-state index contributed by atoms with van der Waals surface area (Å²) in [5.41, 5.74) is 2.37. The molecule has 1 fully saturated rings. The number of aliphatic hydroxyl groups excluding tert-OH is 1. The Labute approximate surface area is 257 Å².